The standard InChI is InChI=1S/C29H42N4/c1-29(30-2,17-21-32-22-24-33(25-23-32)28-12-7-4-8-13-28)16-9-18-31-19-14-27(15-20-31)26-10-5-3-6-11-26/h3-8,10-14,30H,9,15-25H2,1-2H3. The van der Waals surface area contributed by atoms with E-state index in [2.05, 4.69) is 101 Å². The molecule has 4 rings (SSSR count). The lowest BCUT2D eigenvalue weighted by Gasteiger charge is -2.38. The highest BCUT2D eigenvalue weighted by molar-refractivity contribution is 5.66. The molecule has 33 heavy (non-hydrogen) atoms. The number of piperazine rings is 1. The van der Waals surface area contributed by atoms with Gasteiger partial charge in [-0.15, -0.1) is 0 Å². The van der Waals surface area contributed by atoms with Crippen LogP contribution < -0.4 is 10.2 Å². The molecule has 1 atom stereocenters. The van der Waals surface area contributed by atoms with Crippen LogP contribution in [0.1, 0.15) is 38.2 Å². The molecule has 2 aromatic carbocycles. The molecule has 0 aliphatic carbocycles. The van der Waals surface area contributed by atoms with Gasteiger partial charge >= 0.3 is 0 Å². The van der Waals surface area contributed by atoms with Crippen LogP contribution in [0, 0.1) is 0 Å². The minimum absolute atomic E-state index is 0.220. The number of nitrogens with zero attached hydrogens (tertiary/aromatic N) is 3. The molecule has 0 aromatic heterocycles. The first-order valence-electron chi connectivity index (χ1n) is 12.8. The van der Waals surface area contributed by atoms with Gasteiger partial charge in [0.15, 0.2) is 0 Å². The monoisotopic (exact) mass is 446 g/mol. The third-order valence-corrected chi connectivity index (χ3v) is 7.72. The van der Waals surface area contributed by atoms with Crippen molar-refractivity contribution in [3.05, 3.63) is 72.3 Å². The minimum Gasteiger partial charge on any atom is -0.369 e. The van der Waals surface area contributed by atoms with Crippen LogP contribution in [0.3, 0.4) is 0 Å². The van der Waals surface area contributed by atoms with Crippen LogP contribution in [0.4, 0.5) is 5.69 Å². The van der Waals surface area contributed by atoms with E-state index in [4.69, 9.17) is 0 Å². The molecule has 178 valence electrons. The van der Waals surface area contributed by atoms with Crippen LogP contribution in [-0.4, -0.2) is 74.7 Å². The van der Waals surface area contributed by atoms with Crippen molar-refractivity contribution in [1.29, 1.82) is 0 Å². The molecule has 2 heterocycles. The predicted molar refractivity (Wildman–Crippen MR) is 142 cm³/mol. The summed E-state index contributed by atoms with van der Waals surface area (Å²) in [4.78, 5) is 7.78. The smallest absolute Gasteiger partial charge is 0.0367 e. The van der Waals surface area contributed by atoms with Crippen molar-refractivity contribution in [2.24, 2.45) is 0 Å². The summed E-state index contributed by atoms with van der Waals surface area (Å²) in [5, 5.41) is 3.65. The van der Waals surface area contributed by atoms with Crippen molar-refractivity contribution in [3.63, 3.8) is 0 Å². The fourth-order valence-electron chi connectivity index (χ4n) is 5.17. The SMILES string of the molecule is CNC(C)(CCCN1CC=C(c2ccccc2)CC1)CCN1CCN(c2ccccc2)CC1. The summed E-state index contributed by atoms with van der Waals surface area (Å²) >= 11 is 0. The summed E-state index contributed by atoms with van der Waals surface area (Å²) in [6.07, 6.45) is 7.31. The lowest BCUT2D eigenvalue weighted by Crippen LogP contribution is -2.49. The molecule has 1 fully saturated rings. The molecule has 0 bridgehead atoms. The second-order valence-corrected chi connectivity index (χ2v) is 9.97. The Labute approximate surface area is 201 Å². The molecule has 0 saturated carbocycles. The van der Waals surface area contributed by atoms with E-state index in [-0.39, 0.29) is 5.54 Å². The van der Waals surface area contributed by atoms with Crippen LogP contribution in [-0.2, 0) is 0 Å². The van der Waals surface area contributed by atoms with Crippen molar-refractivity contribution >= 4 is 11.3 Å². The normalized spacial score (nSPS) is 19.8. The van der Waals surface area contributed by atoms with Crippen molar-refractivity contribution in [1.82, 2.24) is 15.1 Å². The Kier molecular flexibility index (Phi) is 8.60. The van der Waals surface area contributed by atoms with Crippen LogP contribution in [0.2, 0.25) is 0 Å². The number of nitrogens with one attached hydrogen (secondary N) is 1. The number of benzene rings is 2. The first kappa shape index (κ1) is 24.0. The van der Waals surface area contributed by atoms with Gasteiger partial charge in [-0.2, -0.15) is 0 Å². The fraction of sp³-hybridized carbons (Fsp3) is 0.517. The maximum Gasteiger partial charge on any atom is 0.0367 e. The van der Waals surface area contributed by atoms with Gasteiger partial charge in [0.1, 0.15) is 0 Å². The molecule has 2 aliphatic rings. The van der Waals surface area contributed by atoms with Crippen LogP contribution in [0.15, 0.2) is 66.7 Å². The van der Waals surface area contributed by atoms with E-state index in [1.54, 1.807) is 0 Å². The highest BCUT2D eigenvalue weighted by Crippen LogP contribution is 2.24. The van der Waals surface area contributed by atoms with Crippen molar-refractivity contribution < 1.29 is 0 Å². The highest BCUT2D eigenvalue weighted by Gasteiger charge is 2.25. The Morgan fingerprint density at radius 1 is 0.788 bits per heavy atom. The van der Waals surface area contributed by atoms with Gasteiger partial charge in [-0.25, -0.2) is 0 Å². The zero-order chi connectivity index (χ0) is 22.9. The van der Waals surface area contributed by atoms with Gasteiger partial charge < -0.3 is 10.2 Å². The first-order chi connectivity index (χ1) is 16.1. The molecule has 4 heteroatoms. The average molecular weight is 447 g/mol. The van der Waals surface area contributed by atoms with E-state index < -0.39 is 0 Å². The van der Waals surface area contributed by atoms with Crippen LogP contribution in [0.25, 0.3) is 5.57 Å². The van der Waals surface area contributed by atoms with E-state index in [0.717, 1.165) is 19.6 Å². The Balaban J connectivity index is 1.16. The van der Waals surface area contributed by atoms with E-state index in [1.165, 1.54) is 75.2 Å². The molecule has 0 amide bonds. The third-order valence-electron chi connectivity index (χ3n) is 7.72. The Morgan fingerprint density at radius 3 is 2.12 bits per heavy atom. The molecule has 2 aromatic rings. The zero-order valence-corrected chi connectivity index (χ0v) is 20.7. The maximum absolute atomic E-state index is 3.65. The molecule has 4 nitrogen and oxygen atoms in total. The van der Waals surface area contributed by atoms with Gasteiger partial charge in [-0.3, -0.25) is 9.80 Å². The van der Waals surface area contributed by atoms with Gasteiger partial charge in [-0.05, 0) is 69.5 Å². The van der Waals surface area contributed by atoms with E-state index >= 15 is 0 Å². The average Bonchev–Trinajstić information content (AvgIpc) is 2.89. The molecular formula is C29H42N4. The minimum atomic E-state index is 0.220. The van der Waals surface area contributed by atoms with Gasteiger partial charge in [0, 0.05) is 57.0 Å². The Morgan fingerprint density at radius 2 is 1.48 bits per heavy atom. The van der Waals surface area contributed by atoms with Gasteiger partial charge in [-0.1, -0.05) is 54.6 Å². The number of hydrogen-bond donors (Lipinski definition) is 1. The number of para-hydroxylation sites is 1. The zero-order valence-electron chi connectivity index (χ0n) is 20.7. The van der Waals surface area contributed by atoms with Crippen LogP contribution >= 0.6 is 0 Å². The second-order valence-electron chi connectivity index (χ2n) is 9.97. The lowest BCUT2D eigenvalue weighted by atomic mass is 9.91. The van der Waals surface area contributed by atoms with Crippen molar-refractivity contribution in [3.8, 4) is 0 Å². The summed E-state index contributed by atoms with van der Waals surface area (Å²) in [6, 6.07) is 21.7. The van der Waals surface area contributed by atoms with Gasteiger partial charge in [0.05, 0.1) is 0 Å². The third kappa shape index (κ3) is 6.92. The van der Waals surface area contributed by atoms with Crippen molar-refractivity contribution in [2.45, 2.75) is 38.1 Å². The number of hydrogen-bond acceptors (Lipinski definition) is 4. The molecule has 1 unspecified atom stereocenters. The van der Waals surface area contributed by atoms with Gasteiger partial charge in [0.25, 0.3) is 0 Å². The molecule has 1 saturated heterocycles. The summed E-state index contributed by atoms with van der Waals surface area (Å²) in [7, 11) is 2.14. The fourth-order valence-corrected chi connectivity index (χ4v) is 5.17. The van der Waals surface area contributed by atoms with E-state index in [0.29, 0.717) is 0 Å². The van der Waals surface area contributed by atoms with Crippen LogP contribution in [0.5, 0.6) is 0 Å². The topological polar surface area (TPSA) is 21.8 Å². The molecule has 1 N–H and O–H groups in total. The van der Waals surface area contributed by atoms with E-state index in [1.807, 2.05) is 0 Å². The predicted octanol–water partition coefficient (Wildman–Crippen LogP) is 4.75. The molecule has 2 aliphatic heterocycles. The molecule has 0 radical (unpaired) electrons. The maximum atomic E-state index is 3.65. The summed E-state index contributed by atoms with van der Waals surface area (Å²) in [5.41, 5.74) is 4.49. The first-order valence-corrected chi connectivity index (χ1v) is 12.8. The Hall–Kier alpha value is -2.14. The summed E-state index contributed by atoms with van der Waals surface area (Å²) < 4.78 is 0. The molecular weight excluding hydrogens is 404 g/mol. The Bertz CT molecular complexity index is 858. The largest absolute Gasteiger partial charge is 0.369 e. The number of anilines is 1. The number of rotatable bonds is 10. The van der Waals surface area contributed by atoms with E-state index in [9.17, 15) is 0 Å². The van der Waals surface area contributed by atoms with Gasteiger partial charge in [0.2, 0.25) is 0 Å². The van der Waals surface area contributed by atoms with Crippen molar-refractivity contribution in [2.75, 3.05) is 64.3 Å². The summed E-state index contributed by atoms with van der Waals surface area (Å²) in [5.74, 6) is 0. The highest BCUT2D eigenvalue weighted by atomic mass is 15.3. The quantitative estimate of drug-likeness (QED) is 0.569. The second kappa shape index (κ2) is 11.8. The summed E-state index contributed by atoms with van der Waals surface area (Å²) in [6.45, 7) is 11.7. The molecule has 0 spiro atoms. The lowest BCUT2D eigenvalue weighted by molar-refractivity contribution is 0.205.